The standard InChI is InChI=1S/C21H25N5O2/c1-28-16-4-2-3-15(10-16)25-21-17-9-14(5-6-19(17)23-13-24-21)11-26-8-7-18(22)20(27)12-26/h2-6,9-10,13,18,20,27H,7-8,11-12,22H2,1H3,(H,23,24,25)/t18-,20-/m1/s1. The molecule has 4 rings (SSSR count). The summed E-state index contributed by atoms with van der Waals surface area (Å²) in [6.45, 7) is 2.24. The molecule has 28 heavy (non-hydrogen) atoms. The van der Waals surface area contributed by atoms with Crippen LogP contribution in [0.2, 0.25) is 0 Å². The zero-order valence-electron chi connectivity index (χ0n) is 15.9. The minimum absolute atomic E-state index is 0.125. The number of benzene rings is 2. The summed E-state index contributed by atoms with van der Waals surface area (Å²) in [6, 6.07) is 13.8. The van der Waals surface area contributed by atoms with Gasteiger partial charge in [-0.25, -0.2) is 9.97 Å². The van der Waals surface area contributed by atoms with Gasteiger partial charge in [0.15, 0.2) is 0 Å². The molecule has 3 aromatic rings. The molecule has 2 aromatic carbocycles. The van der Waals surface area contributed by atoms with Crippen molar-refractivity contribution in [2.45, 2.75) is 25.1 Å². The molecule has 0 radical (unpaired) electrons. The zero-order valence-corrected chi connectivity index (χ0v) is 15.9. The number of hydrogen-bond donors (Lipinski definition) is 3. The monoisotopic (exact) mass is 379 g/mol. The number of anilines is 2. The van der Waals surface area contributed by atoms with Crippen LogP contribution in [0.3, 0.4) is 0 Å². The zero-order chi connectivity index (χ0) is 19.5. The van der Waals surface area contributed by atoms with Gasteiger partial charge < -0.3 is 20.9 Å². The maximum Gasteiger partial charge on any atom is 0.141 e. The summed E-state index contributed by atoms with van der Waals surface area (Å²) in [4.78, 5) is 11.0. The molecule has 0 amide bonds. The van der Waals surface area contributed by atoms with Crippen LogP contribution in [0.25, 0.3) is 10.9 Å². The number of rotatable bonds is 5. The van der Waals surface area contributed by atoms with Crippen LogP contribution >= 0.6 is 0 Å². The number of aliphatic hydroxyl groups excluding tert-OH is 1. The lowest BCUT2D eigenvalue weighted by Gasteiger charge is -2.34. The minimum Gasteiger partial charge on any atom is -0.497 e. The molecule has 7 heteroatoms. The number of piperidine rings is 1. The first kappa shape index (κ1) is 18.6. The SMILES string of the molecule is COc1cccc(Nc2ncnc3ccc(CN4CC[C@@H](N)[C@H](O)C4)cc23)c1. The molecular weight excluding hydrogens is 354 g/mol. The Hall–Kier alpha value is -2.74. The van der Waals surface area contributed by atoms with Gasteiger partial charge in [-0.3, -0.25) is 4.90 Å². The number of nitrogens with one attached hydrogen (secondary N) is 1. The summed E-state index contributed by atoms with van der Waals surface area (Å²) < 4.78 is 5.29. The Labute approximate surface area is 164 Å². The van der Waals surface area contributed by atoms with Crippen LogP contribution in [0.4, 0.5) is 11.5 Å². The minimum atomic E-state index is -0.470. The van der Waals surface area contributed by atoms with Crippen LogP contribution in [0.1, 0.15) is 12.0 Å². The maximum absolute atomic E-state index is 10.0. The summed E-state index contributed by atoms with van der Waals surface area (Å²) in [5.74, 6) is 1.53. The number of methoxy groups -OCH3 is 1. The van der Waals surface area contributed by atoms with Crippen LogP contribution in [0.5, 0.6) is 5.75 Å². The van der Waals surface area contributed by atoms with Gasteiger partial charge >= 0.3 is 0 Å². The van der Waals surface area contributed by atoms with Crippen molar-refractivity contribution in [1.29, 1.82) is 0 Å². The van der Waals surface area contributed by atoms with Gasteiger partial charge in [-0.1, -0.05) is 12.1 Å². The van der Waals surface area contributed by atoms with E-state index in [9.17, 15) is 5.11 Å². The van der Waals surface area contributed by atoms with E-state index in [1.807, 2.05) is 30.3 Å². The first-order chi connectivity index (χ1) is 13.6. The molecule has 7 nitrogen and oxygen atoms in total. The molecule has 0 bridgehead atoms. The van der Waals surface area contributed by atoms with E-state index < -0.39 is 6.10 Å². The van der Waals surface area contributed by atoms with Crippen LogP contribution in [0, 0.1) is 0 Å². The number of likely N-dealkylation sites (tertiary alicyclic amines) is 1. The number of ether oxygens (including phenoxy) is 1. The number of nitrogens with zero attached hydrogens (tertiary/aromatic N) is 3. The third-order valence-corrected chi connectivity index (χ3v) is 5.16. The van der Waals surface area contributed by atoms with Crippen LogP contribution < -0.4 is 15.8 Å². The van der Waals surface area contributed by atoms with Crippen LogP contribution in [-0.2, 0) is 6.54 Å². The molecule has 2 atom stereocenters. The first-order valence-electron chi connectivity index (χ1n) is 9.43. The van der Waals surface area contributed by atoms with Crippen LogP contribution in [-0.4, -0.2) is 52.3 Å². The van der Waals surface area contributed by atoms with Gasteiger partial charge in [-0.15, -0.1) is 0 Å². The molecule has 0 spiro atoms. The number of aliphatic hydroxyl groups is 1. The molecular formula is C21H25N5O2. The average molecular weight is 379 g/mol. The Balaban J connectivity index is 1.58. The lowest BCUT2D eigenvalue weighted by atomic mass is 10.0. The second kappa shape index (κ2) is 8.10. The van der Waals surface area contributed by atoms with Gasteiger partial charge in [0, 0.05) is 42.8 Å². The Morgan fingerprint density at radius 1 is 1.25 bits per heavy atom. The Kier molecular flexibility index (Phi) is 5.38. The summed E-state index contributed by atoms with van der Waals surface area (Å²) in [5, 5.41) is 14.4. The lowest BCUT2D eigenvalue weighted by molar-refractivity contribution is 0.0499. The van der Waals surface area contributed by atoms with E-state index in [0.717, 1.165) is 53.2 Å². The Morgan fingerprint density at radius 2 is 2.14 bits per heavy atom. The van der Waals surface area contributed by atoms with E-state index in [1.54, 1.807) is 13.4 Å². The van der Waals surface area contributed by atoms with Crippen molar-refractivity contribution in [3.8, 4) is 5.75 Å². The topological polar surface area (TPSA) is 96.5 Å². The Morgan fingerprint density at radius 3 is 2.96 bits per heavy atom. The second-order valence-corrected chi connectivity index (χ2v) is 7.19. The maximum atomic E-state index is 10.0. The highest BCUT2D eigenvalue weighted by Gasteiger charge is 2.24. The molecule has 146 valence electrons. The molecule has 0 aliphatic carbocycles. The first-order valence-corrected chi connectivity index (χ1v) is 9.43. The third-order valence-electron chi connectivity index (χ3n) is 5.16. The molecule has 1 aliphatic heterocycles. The quantitative estimate of drug-likeness (QED) is 0.626. The fourth-order valence-electron chi connectivity index (χ4n) is 3.56. The Bertz CT molecular complexity index is 964. The average Bonchev–Trinajstić information content (AvgIpc) is 2.71. The molecule has 4 N–H and O–H groups in total. The predicted octanol–water partition coefficient (Wildman–Crippen LogP) is 2.28. The van der Waals surface area contributed by atoms with Crippen molar-refractivity contribution < 1.29 is 9.84 Å². The molecule has 2 heterocycles. The fraction of sp³-hybridized carbons (Fsp3) is 0.333. The number of fused-ring (bicyclic) bond motifs is 1. The summed E-state index contributed by atoms with van der Waals surface area (Å²) in [5.41, 5.74) is 8.84. The molecule has 1 fully saturated rings. The molecule has 1 saturated heterocycles. The molecule has 0 unspecified atom stereocenters. The molecule has 1 aliphatic rings. The normalized spacial score (nSPS) is 20.2. The molecule has 1 aromatic heterocycles. The van der Waals surface area contributed by atoms with E-state index in [1.165, 1.54) is 0 Å². The smallest absolute Gasteiger partial charge is 0.141 e. The van der Waals surface area contributed by atoms with Crippen molar-refractivity contribution in [2.24, 2.45) is 5.73 Å². The summed E-state index contributed by atoms with van der Waals surface area (Å²) in [6.07, 6.45) is 1.90. The number of nitrogens with two attached hydrogens (primary N) is 1. The van der Waals surface area contributed by atoms with Crippen molar-refractivity contribution in [3.05, 3.63) is 54.4 Å². The largest absolute Gasteiger partial charge is 0.497 e. The lowest BCUT2D eigenvalue weighted by Crippen LogP contribution is -2.50. The number of hydrogen-bond acceptors (Lipinski definition) is 7. The van der Waals surface area contributed by atoms with Gasteiger partial charge in [0.05, 0.1) is 18.7 Å². The summed E-state index contributed by atoms with van der Waals surface area (Å²) >= 11 is 0. The van der Waals surface area contributed by atoms with E-state index in [0.29, 0.717) is 6.54 Å². The highest BCUT2D eigenvalue weighted by atomic mass is 16.5. The molecule has 0 saturated carbocycles. The van der Waals surface area contributed by atoms with Crippen LogP contribution in [0.15, 0.2) is 48.8 Å². The van der Waals surface area contributed by atoms with Gasteiger partial charge in [-0.2, -0.15) is 0 Å². The van der Waals surface area contributed by atoms with Crippen molar-refractivity contribution in [3.63, 3.8) is 0 Å². The fourth-order valence-corrected chi connectivity index (χ4v) is 3.56. The van der Waals surface area contributed by atoms with E-state index in [4.69, 9.17) is 10.5 Å². The van der Waals surface area contributed by atoms with Gasteiger partial charge in [0.1, 0.15) is 17.9 Å². The summed E-state index contributed by atoms with van der Waals surface area (Å²) in [7, 11) is 1.65. The number of β-amino-alcohol motifs (C(OH)–C–C–N with tert-alkyl or cyclic N) is 1. The third kappa shape index (κ3) is 4.06. The highest BCUT2D eigenvalue weighted by molar-refractivity contribution is 5.91. The second-order valence-electron chi connectivity index (χ2n) is 7.19. The van der Waals surface area contributed by atoms with Gasteiger partial charge in [0.25, 0.3) is 0 Å². The van der Waals surface area contributed by atoms with Crippen molar-refractivity contribution in [1.82, 2.24) is 14.9 Å². The van der Waals surface area contributed by atoms with E-state index in [-0.39, 0.29) is 6.04 Å². The van der Waals surface area contributed by atoms with E-state index in [2.05, 4.69) is 32.3 Å². The van der Waals surface area contributed by atoms with E-state index >= 15 is 0 Å². The van der Waals surface area contributed by atoms with Crippen molar-refractivity contribution in [2.75, 3.05) is 25.5 Å². The van der Waals surface area contributed by atoms with Crippen molar-refractivity contribution >= 4 is 22.4 Å². The number of aromatic nitrogens is 2. The van der Waals surface area contributed by atoms with Gasteiger partial charge in [-0.05, 0) is 36.2 Å². The highest BCUT2D eigenvalue weighted by Crippen LogP contribution is 2.26. The predicted molar refractivity (Wildman–Crippen MR) is 110 cm³/mol. The van der Waals surface area contributed by atoms with Gasteiger partial charge in [0.2, 0.25) is 0 Å².